The zero-order chi connectivity index (χ0) is 20.5. The molecule has 0 saturated carbocycles. The summed E-state index contributed by atoms with van der Waals surface area (Å²) in [6, 6.07) is 17.4. The quantitative estimate of drug-likeness (QED) is 0.529. The molecule has 0 unspecified atom stereocenters. The minimum atomic E-state index is -0.267. The number of pyridine rings is 1. The van der Waals surface area contributed by atoms with Crippen molar-refractivity contribution < 1.29 is 14.3 Å². The van der Waals surface area contributed by atoms with Gasteiger partial charge in [-0.1, -0.05) is 30.3 Å². The lowest BCUT2D eigenvalue weighted by atomic mass is 10.1. The van der Waals surface area contributed by atoms with E-state index in [9.17, 15) is 4.79 Å². The summed E-state index contributed by atoms with van der Waals surface area (Å²) in [6.07, 6.45) is 5.24. The number of aryl methyl sites for hydroxylation is 1. The molecule has 3 aromatic rings. The van der Waals surface area contributed by atoms with Gasteiger partial charge in [-0.2, -0.15) is 0 Å². The molecule has 150 valence electrons. The third kappa shape index (κ3) is 5.72. The van der Waals surface area contributed by atoms with Gasteiger partial charge in [0.15, 0.2) is 0 Å². The van der Waals surface area contributed by atoms with Gasteiger partial charge in [0.1, 0.15) is 11.5 Å². The number of hydrogen-bond acceptors (Lipinski definition) is 5. The van der Waals surface area contributed by atoms with Crippen molar-refractivity contribution in [2.75, 3.05) is 31.4 Å². The van der Waals surface area contributed by atoms with Crippen LogP contribution in [0.5, 0.6) is 11.5 Å². The summed E-state index contributed by atoms with van der Waals surface area (Å²) in [5, 5.41) is 6.18. The van der Waals surface area contributed by atoms with Crippen LogP contribution in [-0.4, -0.2) is 31.7 Å². The highest BCUT2D eigenvalue weighted by molar-refractivity contribution is 6.05. The molecule has 3 rings (SSSR count). The van der Waals surface area contributed by atoms with Gasteiger partial charge in [0.25, 0.3) is 5.91 Å². The van der Waals surface area contributed by atoms with E-state index in [2.05, 4.69) is 27.8 Å². The number of benzene rings is 2. The molecule has 2 N–H and O–H groups in total. The van der Waals surface area contributed by atoms with Crippen molar-refractivity contribution in [1.82, 2.24) is 4.98 Å². The highest BCUT2D eigenvalue weighted by Crippen LogP contribution is 2.29. The van der Waals surface area contributed by atoms with E-state index in [1.54, 1.807) is 44.7 Å². The van der Waals surface area contributed by atoms with Crippen LogP contribution < -0.4 is 20.1 Å². The van der Waals surface area contributed by atoms with Crippen molar-refractivity contribution >= 4 is 17.3 Å². The van der Waals surface area contributed by atoms with Gasteiger partial charge < -0.3 is 20.1 Å². The van der Waals surface area contributed by atoms with Gasteiger partial charge in [0, 0.05) is 25.0 Å². The van der Waals surface area contributed by atoms with E-state index in [1.807, 2.05) is 18.2 Å². The van der Waals surface area contributed by atoms with Crippen LogP contribution in [0.25, 0.3) is 0 Å². The summed E-state index contributed by atoms with van der Waals surface area (Å²) >= 11 is 0. The lowest BCUT2D eigenvalue weighted by Gasteiger charge is -2.12. The van der Waals surface area contributed by atoms with E-state index in [4.69, 9.17) is 9.47 Å². The summed E-state index contributed by atoms with van der Waals surface area (Å²) in [5.74, 6) is 0.923. The van der Waals surface area contributed by atoms with Gasteiger partial charge in [0.2, 0.25) is 0 Å². The monoisotopic (exact) mass is 391 g/mol. The maximum Gasteiger partial charge on any atom is 0.257 e. The molecule has 0 bridgehead atoms. The van der Waals surface area contributed by atoms with Gasteiger partial charge in [-0.15, -0.1) is 0 Å². The molecule has 2 aromatic carbocycles. The average Bonchev–Trinajstić information content (AvgIpc) is 2.77. The highest BCUT2D eigenvalue weighted by Gasteiger charge is 2.12. The first-order chi connectivity index (χ1) is 14.2. The lowest BCUT2D eigenvalue weighted by molar-refractivity contribution is 0.102. The molecule has 0 fully saturated rings. The number of rotatable bonds is 9. The number of aromatic nitrogens is 1. The van der Waals surface area contributed by atoms with Crippen LogP contribution in [0.4, 0.5) is 11.4 Å². The number of amides is 1. The molecule has 0 atom stereocenters. The van der Waals surface area contributed by atoms with E-state index in [1.165, 1.54) is 11.8 Å². The first kappa shape index (κ1) is 20.2. The van der Waals surface area contributed by atoms with Crippen LogP contribution in [0.15, 0.2) is 67.0 Å². The second kappa shape index (κ2) is 10.1. The molecule has 29 heavy (non-hydrogen) atoms. The van der Waals surface area contributed by atoms with Gasteiger partial charge in [-0.3, -0.25) is 9.78 Å². The average molecular weight is 391 g/mol. The Kier molecular flexibility index (Phi) is 7.05. The van der Waals surface area contributed by atoms with Crippen LogP contribution >= 0.6 is 0 Å². The molecule has 0 spiro atoms. The summed E-state index contributed by atoms with van der Waals surface area (Å²) in [4.78, 5) is 16.9. The third-order valence-corrected chi connectivity index (χ3v) is 4.47. The molecular weight excluding hydrogens is 366 g/mol. The molecule has 0 aliphatic heterocycles. The van der Waals surface area contributed by atoms with Gasteiger partial charge >= 0.3 is 0 Å². The summed E-state index contributed by atoms with van der Waals surface area (Å²) in [7, 11) is 3.13. The summed E-state index contributed by atoms with van der Waals surface area (Å²) in [5.41, 5.74) is 3.12. The minimum Gasteiger partial charge on any atom is -0.497 e. The predicted molar refractivity (Wildman–Crippen MR) is 115 cm³/mol. The molecule has 0 saturated heterocycles. The van der Waals surface area contributed by atoms with E-state index in [0.29, 0.717) is 22.7 Å². The topological polar surface area (TPSA) is 72.5 Å². The minimum absolute atomic E-state index is 0.267. The smallest absolute Gasteiger partial charge is 0.257 e. The standard InChI is InChI=1S/C23H25N3O3/c1-28-20-10-11-22(29-2)21(14-20)26-23(27)18-13-19(16-24-15-18)25-12-6-9-17-7-4-3-5-8-17/h3-5,7-8,10-11,13-16,25H,6,9,12H2,1-2H3,(H,26,27). The van der Waals surface area contributed by atoms with Crippen LogP contribution in [0.1, 0.15) is 22.3 Å². The number of nitrogens with one attached hydrogen (secondary N) is 2. The van der Waals surface area contributed by atoms with Crippen molar-refractivity contribution in [2.24, 2.45) is 0 Å². The number of carbonyl (C=O) groups excluding carboxylic acids is 1. The van der Waals surface area contributed by atoms with Crippen LogP contribution in [-0.2, 0) is 6.42 Å². The number of ether oxygens (including phenoxy) is 2. The van der Waals surface area contributed by atoms with E-state index < -0.39 is 0 Å². The molecule has 1 aromatic heterocycles. The lowest BCUT2D eigenvalue weighted by Crippen LogP contribution is -2.14. The van der Waals surface area contributed by atoms with Crippen molar-refractivity contribution in [3.05, 3.63) is 78.1 Å². The first-order valence-corrected chi connectivity index (χ1v) is 9.46. The Bertz CT molecular complexity index is 945. The second-order valence-electron chi connectivity index (χ2n) is 6.50. The highest BCUT2D eigenvalue weighted by atomic mass is 16.5. The molecule has 6 heteroatoms. The Balaban J connectivity index is 1.59. The van der Waals surface area contributed by atoms with Crippen molar-refractivity contribution in [3.8, 4) is 11.5 Å². The van der Waals surface area contributed by atoms with E-state index >= 15 is 0 Å². The Morgan fingerprint density at radius 1 is 1.00 bits per heavy atom. The van der Waals surface area contributed by atoms with Crippen molar-refractivity contribution in [2.45, 2.75) is 12.8 Å². The Labute approximate surface area is 170 Å². The fourth-order valence-electron chi connectivity index (χ4n) is 2.94. The van der Waals surface area contributed by atoms with E-state index in [0.717, 1.165) is 25.1 Å². The van der Waals surface area contributed by atoms with E-state index in [-0.39, 0.29) is 5.91 Å². The zero-order valence-electron chi connectivity index (χ0n) is 16.6. The fourth-order valence-corrected chi connectivity index (χ4v) is 2.94. The first-order valence-electron chi connectivity index (χ1n) is 9.46. The Morgan fingerprint density at radius 2 is 1.83 bits per heavy atom. The zero-order valence-corrected chi connectivity index (χ0v) is 16.6. The molecule has 1 heterocycles. The van der Waals surface area contributed by atoms with Gasteiger partial charge in [-0.05, 0) is 36.6 Å². The predicted octanol–water partition coefficient (Wildman–Crippen LogP) is 4.40. The van der Waals surface area contributed by atoms with Gasteiger partial charge in [-0.25, -0.2) is 0 Å². The van der Waals surface area contributed by atoms with Crippen molar-refractivity contribution in [1.29, 1.82) is 0 Å². The number of anilines is 2. The fraction of sp³-hybridized carbons (Fsp3) is 0.217. The molecule has 0 aliphatic carbocycles. The maximum atomic E-state index is 12.7. The number of nitrogens with zero attached hydrogens (tertiary/aromatic N) is 1. The van der Waals surface area contributed by atoms with Crippen LogP contribution in [0, 0.1) is 0 Å². The molecule has 1 amide bonds. The maximum absolute atomic E-state index is 12.7. The van der Waals surface area contributed by atoms with Gasteiger partial charge in [0.05, 0.1) is 31.2 Å². The number of carbonyl (C=O) groups is 1. The SMILES string of the molecule is COc1ccc(OC)c(NC(=O)c2cncc(NCCCc3ccccc3)c2)c1. The van der Waals surface area contributed by atoms with Crippen LogP contribution in [0.3, 0.4) is 0 Å². The number of methoxy groups -OCH3 is 2. The largest absolute Gasteiger partial charge is 0.497 e. The second-order valence-corrected chi connectivity index (χ2v) is 6.50. The van der Waals surface area contributed by atoms with Crippen molar-refractivity contribution in [3.63, 3.8) is 0 Å². The third-order valence-electron chi connectivity index (χ3n) is 4.47. The van der Waals surface area contributed by atoms with Crippen LogP contribution in [0.2, 0.25) is 0 Å². The normalized spacial score (nSPS) is 10.3. The molecule has 0 radical (unpaired) electrons. The Hall–Kier alpha value is -3.54. The number of hydrogen-bond donors (Lipinski definition) is 2. The molecular formula is C23H25N3O3. The molecule has 0 aliphatic rings. The molecule has 6 nitrogen and oxygen atoms in total. The summed E-state index contributed by atoms with van der Waals surface area (Å²) < 4.78 is 10.5. The Morgan fingerprint density at radius 3 is 2.59 bits per heavy atom. The summed E-state index contributed by atoms with van der Waals surface area (Å²) in [6.45, 7) is 0.797.